The predicted octanol–water partition coefficient (Wildman–Crippen LogP) is 5.65. The minimum absolute atomic E-state index is 0. The Morgan fingerprint density at radius 1 is 0.917 bits per heavy atom. The molecule has 2 heterocycles. The van der Waals surface area contributed by atoms with E-state index in [4.69, 9.17) is 14.5 Å². The van der Waals surface area contributed by atoms with E-state index in [0.29, 0.717) is 6.04 Å². The summed E-state index contributed by atoms with van der Waals surface area (Å²) in [5, 5.41) is 7.96. The number of aromatic nitrogens is 4. The van der Waals surface area contributed by atoms with Crippen molar-refractivity contribution in [1.29, 1.82) is 0 Å². The lowest BCUT2D eigenvalue weighted by atomic mass is 10.2. The third kappa shape index (κ3) is 6.25. The predicted molar refractivity (Wildman–Crippen MR) is 148 cm³/mol. The summed E-state index contributed by atoms with van der Waals surface area (Å²) < 4.78 is 13.0. The van der Waals surface area contributed by atoms with E-state index in [1.807, 2.05) is 41.3 Å². The Morgan fingerprint density at radius 3 is 2.25 bits per heavy atom. The topological polar surface area (TPSA) is 77.3 Å². The first-order valence-corrected chi connectivity index (χ1v) is 11.9. The zero-order valence-corrected chi connectivity index (χ0v) is 22.5. The molecule has 0 saturated carbocycles. The summed E-state index contributed by atoms with van der Waals surface area (Å²) in [5.74, 6) is 1.48. The second-order valence-corrected chi connectivity index (χ2v) is 9.06. The summed E-state index contributed by atoms with van der Waals surface area (Å²) in [6.07, 6.45) is 5.66. The molecule has 1 N–H and O–H groups in total. The highest BCUT2D eigenvalue weighted by atomic mass is 35.5. The molecule has 0 radical (unpaired) electrons. The Balaban J connectivity index is 0.00000361. The van der Waals surface area contributed by atoms with Crippen molar-refractivity contribution in [2.75, 3.05) is 32.2 Å². The standard InChI is InChI=1S/C27H34N6O2.ClH/c1-18(2)28-9-10-32(22-11-23(34-5)14-24(12-22)35-6)21-7-8-25-26(13-21)31-27(16-29-25)20-15-30-33(17-20)19(3)4;/h7-8,11-19,28H,9-10H2,1-6H3;1H. The quantitative estimate of drug-likeness (QED) is 0.295. The van der Waals surface area contributed by atoms with Crippen LogP contribution >= 0.6 is 12.4 Å². The normalized spacial score (nSPS) is 11.1. The highest BCUT2D eigenvalue weighted by molar-refractivity contribution is 5.85. The van der Waals surface area contributed by atoms with Crippen LogP contribution in [-0.2, 0) is 0 Å². The molecule has 0 amide bonds. The van der Waals surface area contributed by atoms with Gasteiger partial charge >= 0.3 is 0 Å². The van der Waals surface area contributed by atoms with Gasteiger partial charge in [-0.2, -0.15) is 5.10 Å². The van der Waals surface area contributed by atoms with E-state index in [0.717, 1.165) is 58.3 Å². The molecule has 4 rings (SSSR count). The number of halogens is 1. The van der Waals surface area contributed by atoms with E-state index in [1.165, 1.54) is 0 Å². The van der Waals surface area contributed by atoms with E-state index < -0.39 is 0 Å². The first-order valence-electron chi connectivity index (χ1n) is 11.9. The van der Waals surface area contributed by atoms with Gasteiger partial charge in [-0.15, -0.1) is 12.4 Å². The van der Waals surface area contributed by atoms with Crippen molar-refractivity contribution in [3.63, 3.8) is 0 Å². The second-order valence-electron chi connectivity index (χ2n) is 9.06. The van der Waals surface area contributed by atoms with Gasteiger partial charge in [0.15, 0.2) is 0 Å². The van der Waals surface area contributed by atoms with Gasteiger partial charge in [-0.3, -0.25) is 9.67 Å². The minimum Gasteiger partial charge on any atom is -0.497 e. The molecular weight excluding hydrogens is 476 g/mol. The molecule has 0 fully saturated rings. The summed E-state index contributed by atoms with van der Waals surface area (Å²) in [6.45, 7) is 10.1. The van der Waals surface area contributed by atoms with Crippen LogP contribution in [0.2, 0.25) is 0 Å². The van der Waals surface area contributed by atoms with Gasteiger partial charge < -0.3 is 19.7 Å². The number of nitrogens with one attached hydrogen (secondary N) is 1. The van der Waals surface area contributed by atoms with Crippen LogP contribution in [0.15, 0.2) is 55.0 Å². The lowest BCUT2D eigenvalue weighted by Crippen LogP contribution is -2.32. The van der Waals surface area contributed by atoms with Crippen LogP contribution in [0.1, 0.15) is 33.7 Å². The van der Waals surface area contributed by atoms with Crippen molar-refractivity contribution in [2.24, 2.45) is 0 Å². The lowest BCUT2D eigenvalue weighted by molar-refractivity contribution is 0.394. The minimum atomic E-state index is 0. The number of hydrogen-bond acceptors (Lipinski definition) is 7. The number of hydrogen-bond donors (Lipinski definition) is 1. The number of benzene rings is 2. The van der Waals surface area contributed by atoms with E-state index in [2.05, 4.69) is 60.1 Å². The molecule has 0 unspecified atom stereocenters. The Kier molecular flexibility index (Phi) is 9.12. The van der Waals surface area contributed by atoms with E-state index >= 15 is 0 Å². The monoisotopic (exact) mass is 510 g/mol. The van der Waals surface area contributed by atoms with Crippen LogP contribution in [0.25, 0.3) is 22.3 Å². The average molecular weight is 511 g/mol. The molecule has 0 atom stereocenters. The zero-order chi connectivity index (χ0) is 24.9. The van der Waals surface area contributed by atoms with Gasteiger partial charge in [-0.1, -0.05) is 13.8 Å². The fraction of sp³-hybridized carbons (Fsp3) is 0.370. The van der Waals surface area contributed by atoms with Crippen LogP contribution in [0.3, 0.4) is 0 Å². The van der Waals surface area contributed by atoms with Crippen molar-refractivity contribution in [1.82, 2.24) is 25.1 Å². The number of anilines is 2. The van der Waals surface area contributed by atoms with Gasteiger partial charge in [0.25, 0.3) is 0 Å². The number of rotatable bonds is 10. The lowest BCUT2D eigenvalue weighted by Gasteiger charge is -2.27. The van der Waals surface area contributed by atoms with Gasteiger partial charge in [-0.05, 0) is 32.0 Å². The van der Waals surface area contributed by atoms with Gasteiger partial charge in [0, 0.05) is 66.5 Å². The molecule has 2 aromatic carbocycles. The van der Waals surface area contributed by atoms with Gasteiger partial charge in [0.1, 0.15) is 11.5 Å². The Hall–Kier alpha value is -3.36. The fourth-order valence-corrected chi connectivity index (χ4v) is 3.88. The van der Waals surface area contributed by atoms with Crippen LogP contribution < -0.4 is 19.7 Å². The molecule has 0 bridgehead atoms. The van der Waals surface area contributed by atoms with Gasteiger partial charge in [-0.25, -0.2) is 4.98 Å². The summed E-state index contributed by atoms with van der Waals surface area (Å²) >= 11 is 0. The van der Waals surface area contributed by atoms with Gasteiger partial charge in [0.05, 0.1) is 43.3 Å². The zero-order valence-electron chi connectivity index (χ0n) is 21.7. The summed E-state index contributed by atoms with van der Waals surface area (Å²) in [6, 6.07) is 12.8. The van der Waals surface area contributed by atoms with Crippen molar-refractivity contribution < 1.29 is 9.47 Å². The molecule has 0 spiro atoms. The smallest absolute Gasteiger partial charge is 0.124 e. The second kappa shape index (κ2) is 12.1. The Morgan fingerprint density at radius 2 is 1.64 bits per heavy atom. The van der Waals surface area contributed by atoms with E-state index in [1.54, 1.807) is 20.4 Å². The average Bonchev–Trinajstić information content (AvgIpc) is 3.36. The number of ether oxygens (including phenoxy) is 2. The molecule has 4 aromatic rings. The van der Waals surface area contributed by atoms with Crippen molar-refractivity contribution in [2.45, 2.75) is 39.8 Å². The van der Waals surface area contributed by atoms with Gasteiger partial charge in [0.2, 0.25) is 0 Å². The molecule has 0 aliphatic carbocycles. The van der Waals surface area contributed by atoms with Crippen molar-refractivity contribution in [3.05, 3.63) is 55.0 Å². The molecular formula is C27H35ClN6O2. The largest absolute Gasteiger partial charge is 0.497 e. The Labute approximate surface area is 219 Å². The maximum atomic E-state index is 5.53. The molecule has 0 aliphatic rings. The highest BCUT2D eigenvalue weighted by Crippen LogP contribution is 2.34. The molecule has 0 saturated heterocycles. The molecule has 8 nitrogen and oxygen atoms in total. The summed E-state index contributed by atoms with van der Waals surface area (Å²) in [4.78, 5) is 11.8. The Bertz CT molecular complexity index is 1270. The van der Waals surface area contributed by atoms with Crippen LogP contribution in [0.5, 0.6) is 11.5 Å². The summed E-state index contributed by atoms with van der Waals surface area (Å²) in [7, 11) is 3.33. The number of nitrogens with zero attached hydrogens (tertiary/aromatic N) is 5. The SMILES string of the molecule is COc1cc(OC)cc(N(CCNC(C)C)c2ccc3ncc(-c4cnn(C(C)C)c4)nc3c2)c1.Cl. The molecule has 9 heteroatoms. The third-order valence-electron chi connectivity index (χ3n) is 5.80. The number of methoxy groups -OCH3 is 2. The van der Waals surface area contributed by atoms with E-state index in [-0.39, 0.29) is 18.4 Å². The van der Waals surface area contributed by atoms with Crippen molar-refractivity contribution >= 4 is 34.8 Å². The maximum Gasteiger partial charge on any atom is 0.124 e. The molecule has 2 aromatic heterocycles. The third-order valence-corrected chi connectivity index (χ3v) is 5.80. The van der Waals surface area contributed by atoms with Crippen molar-refractivity contribution in [3.8, 4) is 22.8 Å². The fourth-order valence-electron chi connectivity index (χ4n) is 3.88. The molecule has 36 heavy (non-hydrogen) atoms. The van der Waals surface area contributed by atoms with Crippen LogP contribution in [0, 0.1) is 0 Å². The highest BCUT2D eigenvalue weighted by Gasteiger charge is 2.15. The molecule has 0 aliphatic heterocycles. The number of fused-ring (bicyclic) bond motifs is 1. The van der Waals surface area contributed by atoms with Crippen LogP contribution in [0.4, 0.5) is 11.4 Å². The van der Waals surface area contributed by atoms with E-state index in [9.17, 15) is 0 Å². The first-order chi connectivity index (χ1) is 16.9. The summed E-state index contributed by atoms with van der Waals surface area (Å²) in [5.41, 5.74) is 5.42. The first kappa shape index (κ1) is 27.2. The molecule has 192 valence electrons. The van der Waals surface area contributed by atoms with Crippen LogP contribution in [-0.4, -0.2) is 53.1 Å². The maximum absolute atomic E-state index is 5.53.